The van der Waals surface area contributed by atoms with Crippen LogP contribution < -0.4 is 15.5 Å². The minimum absolute atomic E-state index is 0.141. The minimum Gasteiger partial charge on any atom is -0.489 e. The molecule has 0 aliphatic heterocycles. The molecule has 0 bridgehead atoms. The standard InChI is InChI=1S/C32H32ClN3O4/c1-21-17-29(36(3)22(2)31(21)25-11-13-26(33)14-12-25)34-19-30(37)35-28(32(38)39)18-23-9-15-27(16-10-23)40-20-24-7-5-4-6-8-24/h4-17,28H,18-20H2,1-3H3,(H,35,37)(H,38,39). The van der Waals surface area contributed by atoms with Crippen LogP contribution in [0.5, 0.6) is 5.75 Å². The van der Waals surface area contributed by atoms with Gasteiger partial charge in [-0.15, -0.1) is 0 Å². The van der Waals surface area contributed by atoms with E-state index in [1.807, 2.05) is 86.1 Å². The molecule has 7 nitrogen and oxygen atoms in total. The van der Waals surface area contributed by atoms with E-state index in [9.17, 15) is 14.7 Å². The van der Waals surface area contributed by atoms with Gasteiger partial charge in [0.2, 0.25) is 5.91 Å². The van der Waals surface area contributed by atoms with Crippen LogP contribution >= 0.6 is 11.6 Å². The van der Waals surface area contributed by atoms with E-state index < -0.39 is 17.9 Å². The number of halogens is 1. The van der Waals surface area contributed by atoms with Gasteiger partial charge in [-0.25, -0.2) is 4.79 Å². The normalized spacial score (nSPS) is 12.2. The maximum atomic E-state index is 12.7. The highest BCUT2D eigenvalue weighted by molar-refractivity contribution is 6.30. The first-order valence-corrected chi connectivity index (χ1v) is 13.3. The van der Waals surface area contributed by atoms with Crippen LogP contribution in [0.15, 0.2) is 89.9 Å². The lowest BCUT2D eigenvalue weighted by molar-refractivity contribution is -0.141. The second kappa shape index (κ2) is 13.1. The molecule has 2 N–H and O–H groups in total. The molecule has 40 heavy (non-hydrogen) atoms. The number of hydrogen-bond acceptors (Lipinski definition) is 4. The lowest BCUT2D eigenvalue weighted by atomic mass is 9.99. The van der Waals surface area contributed by atoms with Crippen molar-refractivity contribution in [3.8, 4) is 16.9 Å². The van der Waals surface area contributed by atoms with E-state index in [-0.39, 0.29) is 13.0 Å². The van der Waals surface area contributed by atoms with Gasteiger partial charge >= 0.3 is 5.97 Å². The smallest absolute Gasteiger partial charge is 0.326 e. The summed E-state index contributed by atoms with van der Waals surface area (Å²) in [4.78, 5) is 29.1. The fourth-order valence-corrected chi connectivity index (χ4v) is 4.61. The van der Waals surface area contributed by atoms with Crippen LogP contribution in [0.2, 0.25) is 5.02 Å². The number of hydrogen-bond donors (Lipinski definition) is 2. The molecule has 8 heteroatoms. The molecule has 4 aromatic rings. The maximum Gasteiger partial charge on any atom is 0.326 e. The van der Waals surface area contributed by atoms with Gasteiger partial charge in [-0.1, -0.05) is 66.2 Å². The highest BCUT2D eigenvalue weighted by atomic mass is 35.5. The molecule has 4 rings (SSSR count). The van der Waals surface area contributed by atoms with E-state index in [0.717, 1.165) is 33.5 Å². The number of carboxylic acid groups (broad SMARTS) is 1. The van der Waals surface area contributed by atoms with Crippen molar-refractivity contribution in [2.24, 2.45) is 12.0 Å². The van der Waals surface area contributed by atoms with Gasteiger partial charge in [0.1, 0.15) is 30.4 Å². The zero-order valence-corrected chi connectivity index (χ0v) is 23.5. The van der Waals surface area contributed by atoms with Crippen LogP contribution in [-0.2, 0) is 29.7 Å². The number of ether oxygens (including phenoxy) is 1. The number of amides is 1. The van der Waals surface area contributed by atoms with Gasteiger partial charge in [0.15, 0.2) is 0 Å². The average molecular weight is 558 g/mol. The van der Waals surface area contributed by atoms with Crippen molar-refractivity contribution < 1.29 is 19.4 Å². The molecule has 1 atom stereocenters. The van der Waals surface area contributed by atoms with Crippen molar-refractivity contribution in [2.45, 2.75) is 32.9 Å². The largest absolute Gasteiger partial charge is 0.489 e. The summed E-state index contributed by atoms with van der Waals surface area (Å²) in [6.45, 7) is 4.24. The summed E-state index contributed by atoms with van der Waals surface area (Å²) >= 11 is 6.04. The van der Waals surface area contributed by atoms with Crippen molar-refractivity contribution in [1.29, 1.82) is 0 Å². The van der Waals surface area contributed by atoms with E-state index in [2.05, 4.69) is 10.3 Å². The summed E-state index contributed by atoms with van der Waals surface area (Å²) in [6, 6.07) is 25.5. The molecule has 0 fully saturated rings. The lowest BCUT2D eigenvalue weighted by Crippen LogP contribution is -2.43. The summed E-state index contributed by atoms with van der Waals surface area (Å²) in [7, 11) is 1.89. The van der Waals surface area contributed by atoms with E-state index in [1.165, 1.54) is 0 Å². The SMILES string of the molecule is Cc1cc(=NCC(=O)NC(Cc2ccc(OCc3ccccc3)cc2)C(=O)O)n(C)c(C)c1-c1ccc(Cl)cc1. The van der Waals surface area contributed by atoms with Crippen LogP contribution in [0.25, 0.3) is 11.1 Å². The van der Waals surface area contributed by atoms with E-state index >= 15 is 0 Å². The van der Waals surface area contributed by atoms with Gasteiger partial charge in [0, 0.05) is 29.7 Å². The first kappa shape index (κ1) is 28.6. The molecule has 0 aliphatic rings. The molecule has 1 heterocycles. The maximum absolute atomic E-state index is 12.7. The second-order valence-corrected chi connectivity index (χ2v) is 10.0. The van der Waals surface area contributed by atoms with Gasteiger partial charge in [-0.2, -0.15) is 0 Å². The summed E-state index contributed by atoms with van der Waals surface area (Å²) < 4.78 is 7.71. The number of nitrogens with zero attached hydrogens (tertiary/aromatic N) is 2. The summed E-state index contributed by atoms with van der Waals surface area (Å²) in [5.74, 6) is -0.891. The Balaban J connectivity index is 1.39. The van der Waals surface area contributed by atoms with E-state index in [0.29, 0.717) is 22.9 Å². The zero-order valence-electron chi connectivity index (χ0n) is 22.7. The lowest BCUT2D eigenvalue weighted by Gasteiger charge is -2.16. The molecule has 1 aromatic heterocycles. The van der Waals surface area contributed by atoms with Crippen molar-refractivity contribution >= 4 is 23.5 Å². The van der Waals surface area contributed by atoms with Crippen molar-refractivity contribution in [1.82, 2.24) is 9.88 Å². The number of pyridine rings is 1. The third-order valence-corrected chi connectivity index (χ3v) is 6.96. The molecular formula is C32H32ClN3O4. The Morgan fingerprint density at radius 3 is 2.30 bits per heavy atom. The average Bonchev–Trinajstić information content (AvgIpc) is 2.95. The predicted molar refractivity (Wildman–Crippen MR) is 156 cm³/mol. The summed E-state index contributed by atoms with van der Waals surface area (Å²) in [5.41, 5.74) is 6.57. The molecule has 0 radical (unpaired) electrons. The number of aryl methyl sites for hydroxylation is 1. The Morgan fingerprint density at radius 2 is 1.65 bits per heavy atom. The number of aliphatic carboxylic acids is 1. The first-order chi connectivity index (χ1) is 19.2. The second-order valence-electron chi connectivity index (χ2n) is 9.61. The van der Waals surface area contributed by atoms with Crippen LogP contribution in [0, 0.1) is 13.8 Å². The minimum atomic E-state index is -1.11. The molecular weight excluding hydrogens is 526 g/mol. The highest BCUT2D eigenvalue weighted by Crippen LogP contribution is 2.27. The number of nitrogens with one attached hydrogen (secondary N) is 1. The number of carboxylic acids is 1. The number of benzene rings is 3. The van der Waals surface area contributed by atoms with Crippen molar-refractivity contribution in [2.75, 3.05) is 6.54 Å². The fraction of sp³-hybridized carbons (Fsp3) is 0.219. The Hall–Kier alpha value is -4.36. The molecule has 3 aromatic carbocycles. The van der Waals surface area contributed by atoms with Crippen LogP contribution in [0.3, 0.4) is 0 Å². The molecule has 0 spiro atoms. The monoisotopic (exact) mass is 557 g/mol. The third-order valence-electron chi connectivity index (χ3n) is 6.71. The van der Waals surface area contributed by atoms with E-state index in [4.69, 9.17) is 16.3 Å². The topological polar surface area (TPSA) is 92.9 Å². The Morgan fingerprint density at radius 1 is 0.975 bits per heavy atom. The molecule has 1 unspecified atom stereocenters. The van der Waals surface area contributed by atoms with Gasteiger partial charge in [0.25, 0.3) is 0 Å². The first-order valence-electron chi connectivity index (χ1n) is 12.9. The number of carbonyl (C=O) groups is 2. The molecule has 0 saturated carbocycles. The van der Waals surface area contributed by atoms with Crippen LogP contribution in [0.4, 0.5) is 0 Å². The van der Waals surface area contributed by atoms with Gasteiger partial charge < -0.3 is 19.7 Å². The molecule has 1 amide bonds. The van der Waals surface area contributed by atoms with Crippen LogP contribution in [0.1, 0.15) is 22.4 Å². The fourth-order valence-electron chi connectivity index (χ4n) is 4.48. The molecule has 206 valence electrons. The third kappa shape index (κ3) is 7.39. The highest BCUT2D eigenvalue weighted by Gasteiger charge is 2.20. The zero-order chi connectivity index (χ0) is 28.6. The predicted octanol–water partition coefficient (Wildman–Crippen LogP) is 5.25. The summed E-state index contributed by atoms with van der Waals surface area (Å²) in [5, 5.41) is 13.0. The van der Waals surface area contributed by atoms with Crippen molar-refractivity contribution in [3.63, 3.8) is 0 Å². The van der Waals surface area contributed by atoms with Gasteiger partial charge in [-0.05, 0) is 66.4 Å². The Labute approximate surface area is 238 Å². The number of carbonyl (C=O) groups excluding carboxylic acids is 1. The van der Waals surface area contributed by atoms with Crippen LogP contribution in [-0.4, -0.2) is 34.1 Å². The number of aromatic nitrogens is 1. The van der Waals surface area contributed by atoms with Crippen molar-refractivity contribution in [3.05, 3.63) is 118 Å². The molecule has 0 saturated heterocycles. The molecule has 0 aliphatic carbocycles. The van der Waals surface area contributed by atoms with Gasteiger partial charge in [-0.3, -0.25) is 9.79 Å². The Bertz CT molecular complexity index is 1550. The Kier molecular flexibility index (Phi) is 9.40. The number of rotatable bonds is 10. The quantitative estimate of drug-likeness (QED) is 0.278. The van der Waals surface area contributed by atoms with Gasteiger partial charge in [0.05, 0.1) is 0 Å². The summed E-state index contributed by atoms with van der Waals surface area (Å²) in [6.07, 6.45) is 0.141. The van der Waals surface area contributed by atoms with E-state index in [1.54, 1.807) is 24.3 Å².